The third kappa shape index (κ3) is 1.40. The third-order valence-electron chi connectivity index (χ3n) is 3.42. The van der Waals surface area contributed by atoms with Crippen LogP contribution in [0.1, 0.15) is 20.3 Å². The summed E-state index contributed by atoms with van der Waals surface area (Å²) in [5, 5.41) is 0. The molecule has 3 atom stereocenters. The fraction of sp³-hybridized carbons (Fsp3) is 0.900. The number of carbonyl (C=O) groups is 1. The Balaban J connectivity index is 1.87. The van der Waals surface area contributed by atoms with E-state index in [0.717, 1.165) is 30.8 Å². The number of hydrogen-bond acceptors (Lipinski definition) is 2. The van der Waals surface area contributed by atoms with Gasteiger partial charge in [-0.2, -0.15) is 0 Å². The van der Waals surface area contributed by atoms with Crippen molar-refractivity contribution in [3.63, 3.8) is 0 Å². The molecule has 0 aromatic carbocycles. The van der Waals surface area contributed by atoms with Crippen molar-refractivity contribution < 1.29 is 9.53 Å². The highest BCUT2D eigenvalue weighted by atomic mass is 16.6. The van der Waals surface area contributed by atoms with Gasteiger partial charge in [-0.1, -0.05) is 6.92 Å². The minimum absolute atomic E-state index is 0.121. The molecule has 1 amide bonds. The van der Waals surface area contributed by atoms with Crippen molar-refractivity contribution in [2.24, 2.45) is 17.8 Å². The molecule has 1 aliphatic heterocycles. The molecule has 3 heteroatoms. The Bertz CT molecular complexity index is 217. The zero-order chi connectivity index (χ0) is 9.42. The van der Waals surface area contributed by atoms with Crippen LogP contribution in [0.5, 0.6) is 0 Å². The molecule has 2 rings (SSSR count). The summed E-state index contributed by atoms with van der Waals surface area (Å²) >= 11 is 0. The summed E-state index contributed by atoms with van der Waals surface area (Å²) in [5.74, 6) is 2.33. The van der Waals surface area contributed by atoms with Gasteiger partial charge in [0.05, 0.1) is 6.61 Å². The van der Waals surface area contributed by atoms with Crippen molar-refractivity contribution in [2.45, 2.75) is 20.3 Å². The molecule has 3 nitrogen and oxygen atoms in total. The molecule has 13 heavy (non-hydrogen) atoms. The summed E-state index contributed by atoms with van der Waals surface area (Å²) in [7, 11) is 0. The lowest BCUT2D eigenvalue weighted by atomic mass is 9.68. The number of nitrogens with zero attached hydrogens (tertiary/aromatic N) is 1. The highest BCUT2D eigenvalue weighted by Crippen LogP contribution is 2.45. The van der Waals surface area contributed by atoms with Gasteiger partial charge in [-0.25, -0.2) is 4.79 Å². The molecule has 2 aliphatic rings. The molecule has 0 spiro atoms. The van der Waals surface area contributed by atoms with Crippen LogP contribution >= 0.6 is 0 Å². The van der Waals surface area contributed by atoms with Crippen LogP contribution in [-0.2, 0) is 4.74 Å². The van der Waals surface area contributed by atoms with Gasteiger partial charge in [-0.15, -0.1) is 0 Å². The molecular weight excluding hydrogens is 166 g/mol. The fourth-order valence-electron chi connectivity index (χ4n) is 2.61. The van der Waals surface area contributed by atoms with Crippen LogP contribution in [0.4, 0.5) is 4.79 Å². The average molecular weight is 183 g/mol. The molecule has 1 saturated heterocycles. The van der Waals surface area contributed by atoms with Gasteiger partial charge in [0.15, 0.2) is 0 Å². The Morgan fingerprint density at radius 2 is 2.31 bits per heavy atom. The normalized spacial score (nSPS) is 36.8. The predicted molar refractivity (Wildman–Crippen MR) is 49.4 cm³/mol. The number of rotatable bonds is 1. The molecule has 1 aliphatic carbocycles. The van der Waals surface area contributed by atoms with Crippen molar-refractivity contribution in [3.05, 3.63) is 0 Å². The van der Waals surface area contributed by atoms with Crippen molar-refractivity contribution in [1.82, 2.24) is 4.90 Å². The van der Waals surface area contributed by atoms with E-state index in [9.17, 15) is 4.79 Å². The van der Waals surface area contributed by atoms with E-state index in [0.29, 0.717) is 6.61 Å². The first-order valence-electron chi connectivity index (χ1n) is 5.14. The Morgan fingerprint density at radius 3 is 2.85 bits per heavy atom. The summed E-state index contributed by atoms with van der Waals surface area (Å²) in [6, 6.07) is 0. The van der Waals surface area contributed by atoms with Crippen LogP contribution in [0.3, 0.4) is 0 Å². The minimum atomic E-state index is -0.121. The Kier molecular flexibility index (Phi) is 2.18. The molecule has 1 saturated carbocycles. The molecule has 1 unspecified atom stereocenters. The maximum absolute atomic E-state index is 11.4. The predicted octanol–water partition coefficient (Wildman–Crippen LogP) is 1.73. The van der Waals surface area contributed by atoms with Gasteiger partial charge in [0.25, 0.3) is 0 Å². The summed E-state index contributed by atoms with van der Waals surface area (Å²) in [4.78, 5) is 13.2. The van der Waals surface area contributed by atoms with E-state index in [1.165, 1.54) is 6.42 Å². The quantitative estimate of drug-likeness (QED) is 0.619. The molecule has 0 radical (unpaired) electrons. The van der Waals surface area contributed by atoms with Crippen LogP contribution in [0.15, 0.2) is 0 Å². The van der Waals surface area contributed by atoms with Crippen LogP contribution in [-0.4, -0.2) is 30.7 Å². The maximum Gasteiger partial charge on any atom is 0.409 e. The second-order valence-electron chi connectivity index (χ2n) is 4.24. The van der Waals surface area contributed by atoms with Gasteiger partial charge in [0, 0.05) is 13.1 Å². The van der Waals surface area contributed by atoms with E-state index in [1.807, 2.05) is 11.8 Å². The molecule has 0 bridgehead atoms. The average Bonchev–Trinajstić information content (AvgIpc) is 2.43. The monoisotopic (exact) mass is 183 g/mol. The molecule has 0 aromatic rings. The van der Waals surface area contributed by atoms with Crippen molar-refractivity contribution in [2.75, 3.05) is 19.7 Å². The summed E-state index contributed by atoms with van der Waals surface area (Å²) in [6.45, 7) is 6.46. The summed E-state index contributed by atoms with van der Waals surface area (Å²) in [6.07, 6.45) is 1.17. The zero-order valence-corrected chi connectivity index (χ0v) is 8.32. The molecule has 0 aromatic heterocycles. The Hall–Kier alpha value is -0.730. The third-order valence-corrected chi connectivity index (χ3v) is 3.42. The van der Waals surface area contributed by atoms with Crippen molar-refractivity contribution >= 4 is 6.09 Å². The first-order chi connectivity index (χ1) is 6.22. The summed E-state index contributed by atoms with van der Waals surface area (Å²) < 4.78 is 4.97. The molecule has 0 N–H and O–H groups in total. The van der Waals surface area contributed by atoms with E-state index in [2.05, 4.69) is 6.92 Å². The zero-order valence-electron chi connectivity index (χ0n) is 8.32. The van der Waals surface area contributed by atoms with E-state index >= 15 is 0 Å². The van der Waals surface area contributed by atoms with Gasteiger partial charge >= 0.3 is 6.09 Å². The number of fused-ring (bicyclic) bond motifs is 1. The lowest BCUT2D eigenvalue weighted by Gasteiger charge is -2.36. The SMILES string of the molecule is CCOC(=O)N1C[C@@H]2CC(C)[C@@H]2C1. The fourth-order valence-corrected chi connectivity index (χ4v) is 2.61. The van der Waals surface area contributed by atoms with E-state index < -0.39 is 0 Å². The van der Waals surface area contributed by atoms with E-state index in [4.69, 9.17) is 4.74 Å². The number of carbonyl (C=O) groups excluding carboxylic acids is 1. The van der Waals surface area contributed by atoms with Crippen LogP contribution in [0.25, 0.3) is 0 Å². The number of hydrogen-bond donors (Lipinski definition) is 0. The highest BCUT2D eigenvalue weighted by molar-refractivity contribution is 5.68. The molecular formula is C10H17NO2. The maximum atomic E-state index is 11.4. The Morgan fingerprint density at radius 1 is 1.54 bits per heavy atom. The standard InChI is InChI=1S/C10H17NO2/c1-3-13-10(12)11-5-8-4-7(2)9(8)6-11/h7-9H,3-6H2,1-2H3/t7?,8-,9-/m0/s1. The molecule has 74 valence electrons. The second-order valence-corrected chi connectivity index (χ2v) is 4.24. The molecule has 1 heterocycles. The van der Waals surface area contributed by atoms with E-state index in [1.54, 1.807) is 0 Å². The summed E-state index contributed by atoms with van der Waals surface area (Å²) in [5.41, 5.74) is 0. The lowest BCUT2D eigenvalue weighted by molar-refractivity contribution is 0.114. The largest absolute Gasteiger partial charge is 0.450 e. The number of likely N-dealkylation sites (tertiary alicyclic amines) is 1. The van der Waals surface area contributed by atoms with Gasteiger partial charge in [-0.05, 0) is 31.1 Å². The van der Waals surface area contributed by atoms with Crippen LogP contribution < -0.4 is 0 Å². The first-order valence-corrected chi connectivity index (χ1v) is 5.14. The number of amides is 1. The van der Waals surface area contributed by atoms with Gasteiger partial charge in [0.2, 0.25) is 0 Å². The number of ether oxygens (including phenoxy) is 1. The van der Waals surface area contributed by atoms with Crippen molar-refractivity contribution in [3.8, 4) is 0 Å². The van der Waals surface area contributed by atoms with Gasteiger partial charge in [0.1, 0.15) is 0 Å². The highest BCUT2D eigenvalue weighted by Gasteiger charge is 2.46. The lowest BCUT2D eigenvalue weighted by Crippen LogP contribution is -2.33. The van der Waals surface area contributed by atoms with Crippen LogP contribution in [0.2, 0.25) is 0 Å². The first kappa shape index (κ1) is 8.85. The minimum Gasteiger partial charge on any atom is -0.450 e. The Labute approximate surface area is 79.0 Å². The van der Waals surface area contributed by atoms with Gasteiger partial charge < -0.3 is 9.64 Å². The smallest absolute Gasteiger partial charge is 0.409 e. The topological polar surface area (TPSA) is 29.5 Å². The second kappa shape index (κ2) is 3.20. The van der Waals surface area contributed by atoms with Crippen LogP contribution in [0, 0.1) is 17.8 Å². The molecule has 2 fully saturated rings. The van der Waals surface area contributed by atoms with Gasteiger partial charge in [-0.3, -0.25) is 0 Å². The van der Waals surface area contributed by atoms with Crippen molar-refractivity contribution in [1.29, 1.82) is 0 Å². The van der Waals surface area contributed by atoms with E-state index in [-0.39, 0.29) is 6.09 Å².